The highest BCUT2D eigenvalue weighted by atomic mass is 16.5. The van der Waals surface area contributed by atoms with Gasteiger partial charge in [-0.15, -0.1) is 0 Å². The van der Waals surface area contributed by atoms with Crippen LogP contribution in [-0.4, -0.2) is 34.3 Å². The van der Waals surface area contributed by atoms with Gasteiger partial charge in [-0.05, 0) is 26.0 Å². The number of hydrogen-bond donors (Lipinski definition) is 2. The Bertz CT molecular complexity index is 1220. The molecule has 3 aromatic rings. The summed E-state index contributed by atoms with van der Waals surface area (Å²) in [4.78, 5) is 38.7. The number of carbonyl (C=O) groups is 2. The van der Waals surface area contributed by atoms with E-state index in [0.717, 1.165) is 5.56 Å². The van der Waals surface area contributed by atoms with E-state index in [-0.39, 0.29) is 23.6 Å². The second-order valence-electron chi connectivity index (χ2n) is 6.94. The molecule has 0 bridgehead atoms. The van der Waals surface area contributed by atoms with Crippen LogP contribution in [0.25, 0.3) is 11.4 Å². The number of allylic oxidation sites excluding steroid dienone is 1. The molecule has 0 atom stereocenters. The van der Waals surface area contributed by atoms with E-state index in [2.05, 4.69) is 25.6 Å². The average molecular weight is 427 g/mol. The Morgan fingerprint density at radius 2 is 1.69 bits per heavy atom. The summed E-state index contributed by atoms with van der Waals surface area (Å²) in [5.41, 5.74) is 3.04. The first kappa shape index (κ1) is 20.9. The second kappa shape index (κ2) is 9.22. The molecule has 2 aromatic carbocycles. The van der Waals surface area contributed by atoms with E-state index in [4.69, 9.17) is 4.74 Å². The molecule has 1 aliphatic heterocycles. The molecule has 160 valence electrons. The average Bonchev–Trinajstić information content (AvgIpc) is 2.95. The molecule has 0 aliphatic carbocycles. The third kappa shape index (κ3) is 4.39. The number of nitrogens with zero attached hydrogens (tertiary/aromatic N) is 3. The molecular weight excluding hydrogens is 406 g/mol. The maximum atomic E-state index is 13.0. The van der Waals surface area contributed by atoms with E-state index < -0.39 is 11.9 Å². The lowest BCUT2D eigenvalue weighted by atomic mass is 10.1. The number of hydrogen-bond acceptors (Lipinski definition) is 7. The van der Waals surface area contributed by atoms with Crippen molar-refractivity contribution in [2.75, 3.05) is 11.9 Å². The smallest absolute Gasteiger partial charge is 0.343 e. The number of benzene rings is 2. The van der Waals surface area contributed by atoms with Crippen LogP contribution >= 0.6 is 0 Å². The van der Waals surface area contributed by atoms with Gasteiger partial charge in [0.15, 0.2) is 5.82 Å². The molecule has 0 saturated heterocycles. The monoisotopic (exact) mass is 427 g/mol. The van der Waals surface area contributed by atoms with E-state index >= 15 is 0 Å². The van der Waals surface area contributed by atoms with Gasteiger partial charge in [0.25, 0.3) is 5.91 Å². The summed E-state index contributed by atoms with van der Waals surface area (Å²) in [6, 6.07) is 16.8. The van der Waals surface area contributed by atoms with E-state index in [0.29, 0.717) is 22.9 Å². The minimum absolute atomic E-state index is 0.0931. The summed E-state index contributed by atoms with van der Waals surface area (Å²) in [7, 11) is 0. The molecule has 8 heteroatoms. The lowest BCUT2D eigenvalue weighted by Gasteiger charge is -2.13. The first-order valence-electron chi connectivity index (χ1n) is 10.1. The number of fused-ring (bicyclic) bond motifs is 1. The number of esters is 1. The normalized spacial score (nSPS) is 12.8. The van der Waals surface area contributed by atoms with E-state index in [1.807, 2.05) is 48.5 Å². The highest BCUT2D eigenvalue weighted by Crippen LogP contribution is 2.30. The molecule has 1 aliphatic rings. The Morgan fingerprint density at radius 1 is 1.00 bits per heavy atom. The SMILES string of the molecule is CCOC(=O)C1=C(C)Nc2ccccc2N=C1NC(=O)c1cnc(-c2ccccc2)nc1. The lowest BCUT2D eigenvalue weighted by Crippen LogP contribution is -2.35. The number of aromatic nitrogens is 2. The summed E-state index contributed by atoms with van der Waals surface area (Å²) < 4.78 is 5.19. The van der Waals surface area contributed by atoms with Gasteiger partial charge in [0.05, 0.1) is 23.5 Å². The predicted octanol–water partition coefficient (Wildman–Crippen LogP) is 3.87. The van der Waals surface area contributed by atoms with E-state index in [9.17, 15) is 9.59 Å². The Kier molecular flexibility index (Phi) is 6.03. The number of ether oxygens (including phenoxy) is 1. The van der Waals surface area contributed by atoms with Gasteiger partial charge in [-0.25, -0.2) is 19.8 Å². The maximum absolute atomic E-state index is 13.0. The van der Waals surface area contributed by atoms with Crippen LogP contribution in [0.5, 0.6) is 0 Å². The van der Waals surface area contributed by atoms with Gasteiger partial charge < -0.3 is 15.4 Å². The van der Waals surface area contributed by atoms with Gasteiger partial charge in [-0.2, -0.15) is 0 Å². The fourth-order valence-corrected chi connectivity index (χ4v) is 3.20. The van der Waals surface area contributed by atoms with Crippen molar-refractivity contribution in [2.24, 2.45) is 4.99 Å². The molecule has 0 radical (unpaired) electrons. The number of para-hydroxylation sites is 2. The molecular formula is C24H21N5O3. The molecule has 0 saturated carbocycles. The molecule has 0 fully saturated rings. The third-order valence-electron chi connectivity index (χ3n) is 4.73. The second-order valence-corrected chi connectivity index (χ2v) is 6.94. The quantitative estimate of drug-likeness (QED) is 0.613. The summed E-state index contributed by atoms with van der Waals surface area (Å²) in [6.07, 6.45) is 2.88. The van der Waals surface area contributed by atoms with Crippen molar-refractivity contribution in [3.8, 4) is 11.4 Å². The summed E-state index contributed by atoms with van der Waals surface area (Å²) in [5.74, 6) is -0.469. The van der Waals surface area contributed by atoms with Crippen LogP contribution in [0.4, 0.5) is 11.4 Å². The molecule has 2 N–H and O–H groups in total. The van der Waals surface area contributed by atoms with E-state index in [1.54, 1.807) is 19.9 Å². The number of rotatable bonds is 4. The Hall–Kier alpha value is -4.33. The van der Waals surface area contributed by atoms with Crippen molar-refractivity contribution in [1.29, 1.82) is 0 Å². The Balaban J connectivity index is 1.65. The van der Waals surface area contributed by atoms with Crippen LogP contribution in [0.3, 0.4) is 0 Å². The van der Waals surface area contributed by atoms with Gasteiger partial charge in [0, 0.05) is 23.7 Å². The number of anilines is 1. The Labute approximate surface area is 185 Å². The number of amidine groups is 1. The molecule has 1 amide bonds. The van der Waals surface area contributed by atoms with Crippen LogP contribution in [-0.2, 0) is 9.53 Å². The third-order valence-corrected chi connectivity index (χ3v) is 4.73. The van der Waals surface area contributed by atoms with E-state index in [1.165, 1.54) is 12.4 Å². The van der Waals surface area contributed by atoms with Gasteiger partial charge >= 0.3 is 5.97 Å². The van der Waals surface area contributed by atoms with Crippen molar-refractivity contribution in [3.63, 3.8) is 0 Å². The molecule has 2 heterocycles. The van der Waals surface area contributed by atoms with Crippen LogP contribution in [0, 0.1) is 0 Å². The van der Waals surface area contributed by atoms with Gasteiger partial charge in [-0.3, -0.25) is 4.79 Å². The topological polar surface area (TPSA) is 106 Å². The van der Waals surface area contributed by atoms with Crippen molar-refractivity contribution in [3.05, 3.63) is 83.8 Å². The van der Waals surface area contributed by atoms with Crippen LogP contribution in [0.15, 0.2) is 83.3 Å². The summed E-state index contributed by atoms with van der Waals surface area (Å²) >= 11 is 0. The van der Waals surface area contributed by atoms with Crippen LogP contribution in [0.2, 0.25) is 0 Å². The Morgan fingerprint density at radius 3 is 2.41 bits per heavy atom. The number of amides is 1. The van der Waals surface area contributed by atoms with Gasteiger partial charge in [0.2, 0.25) is 0 Å². The van der Waals surface area contributed by atoms with Crippen molar-refractivity contribution >= 4 is 29.1 Å². The first-order chi connectivity index (χ1) is 15.6. The molecule has 1 aromatic heterocycles. The fraction of sp³-hybridized carbons (Fsp3) is 0.125. The lowest BCUT2D eigenvalue weighted by molar-refractivity contribution is -0.137. The zero-order chi connectivity index (χ0) is 22.5. The van der Waals surface area contributed by atoms with Gasteiger partial charge in [0.1, 0.15) is 11.4 Å². The molecule has 32 heavy (non-hydrogen) atoms. The highest BCUT2D eigenvalue weighted by molar-refractivity contribution is 6.25. The maximum Gasteiger partial charge on any atom is 0.343 e. The van der Waals surface area contributed by atoms with Crippen molar-refractivity contribution in [1.82, 2.24) is 15.3 Å². The minimum Gasteiger partial charge on any atom is -0.462 e. The number of carbonyl (C=O) groups excluding carboxylic acids is 2. The molecule has 0 spiro atoms. The largest absolute Gasteiger partial charge is 0.462 e. The van der Waals surface area contributed by atoms with Crippen molar-refractivity contribution in [2.45, 2.75) is 13.8 Å². The minimum atomic E-state index is -0.583. The summed E-state index contributed by atoms with van der Waals surface area (Å²) in [5, 5.41) is 5.90. The van der Waals surface area contributed by atoms with Gasteiger partial charge in [-0.1, -0.05) is 42.5 Å². The standard InChI is InChI=1S/C24H21N5O3/c1-3-32-24(31)20-15(2)27-18-11-7-8-12-19(18)28-22(20)29-23(30)17-13-25-21(26-14-17)16-9-5-4-6-10-16/h4-14,27H,3H2,1-2H3,(H,28,29,30). The molecule has 0 unspecified atom stereocenters. The zero-order valence-corrected chi connectivity index (χ0v) is 17.6. The zero-order valence-electron chi connectivity index (χ0n) is 17.6. The summed E-state index contributed by atoms with van der Waals surface area (Å²) in [6.45, 7) is 3.64. The predicted molar refractivity (Wildman–Crippen MR) is 121 cm³/mol. The fourth-order valence-electron chi connectivity index (χ4n) is 3.20. The molecule has 4 rings (SSSR count). The van der Waals surface area contributed by atoms with Crippen LogP contribution in [0.1, 0.15) is 24.2 Å². The van der Waals surface area contributed by atoms with Crippen LogP contribution < -0.4 is 10.6 Å². The number of nitrogens with one attached hydrogen (secondary N) is 2. The first-order valence-corrected chi connectivity index (χ1v) is 10.1. The molecule has 8 nitrogen and oxygen atoms in total. The highest BCUT2D eigenvalue weighted by Gasteiger charge is 2.26. The van der Waals surface area contributed by atoms with Crippen molar-refractivity contribution < 1.29 is 14.3 Å². The number of aliphatic imine (C=N–C) groups is 1.